The maximum Gasteiger partial charge on any atom is 0.0607 e. The lowest BCUT2D eigenvalue weighted by Crippen LogP contribution is -2.31. The Bertz CT molecular complexity index is 349. The van der Waals surface area contributed by atoms with Gasteiger partial charge in [-0.15, -0.1) is 11.8 Å². The third-order valence-electron chi connectivity index (χ3n) is 2.94. The topological polar surface area (TPSA) is 9.23 Å². The second kappa shape index (κ2) is 4.40. The van der Waals surface area contributed by atoms with Gasteiger partial charge >= 0.3 is 0 Å². The maximum atomic E-state index is 5.19. The van der Waals surface area contributed by atoms with Crippen molar-refractivity contribution in [1.82, 2.24) is 0 Å². The normalized spacial score (nSPS) is 24.9. The van der Waals surface area contributed by atoms with Gasteiger partial charge < -0.3 is 4.74 Å². The number of ether oxygens (including phenoxy) is 1. The summed E-state index contributed by atoms with van der Waals surface area (Å²) in [5.41, 5.74) is 1.57. The van der Waals surface area contributed by atoms with Crippen molar-refractivity contribution in [2.75, 3.05) is 24.7 Å². The van der Waals surface area contributed by atoms with Crippen molar-refractivity contribution in [3.05, 3.63) is 29.8 Å². The van der Waals surface area contributed by atoms with Crippen LogP contribution in [-0.2, 0) is 4.74 Å². The van der Waals surface area contributed by atoms with Crippen LogP contribution in [0.3, 0.4) is 0 Å². The van der Waals surface area contributed by atoms with E-state index in [1.807, 2.05) is 11.8 Å². The van der Waals surface area contributed by atoms with E-state index in [1.165, 1.54) is 16.4 Å². The standard InChI is InChI=1S/C12H14OS2/c1-2-4-12-11(3-1)9(8-15-12)7-14-10-5-13-6-10/h1-4,9-10H,5-8H2. The van der Waals surface area contributed by atoms with Crippen molar-refractivity contribution in [1.29, 1.82) is 0 Å². The zero-order valence-electron chi connectivity index (χ0n) is 8.52. The molecule has 1 unspecified atom stereocenters. The Kier molecular flexibility index (Phi) is 2.95. The fraction of sp³-hybridized carbons (Fsp3) is 0.500. The predicted octanol–water partition coefficient (Wildman–Crippen LogP) is 3.01. The second-order valence-corrected chi connectivity index (χ2v) is 6.43. The minimum Gasteiger partial charge on any atom is -0.379 e. The number of benzene rings is 1. The zero-order chi connectivity index (χ0) is 10.1. The van der Waals surface area contributed by atoms with Crippen LogP contribution in [0.5, 0.6) is 0 Å². The Morgan fingerprint density at radius 2 is 2.20 bits per heavy atom. The van der Waals surface area contributed by atoms with Crippen molar-refractivity contribution in [3.8, 4) is 0 Å². The van der Waals surface area contributed by atoms with Gasteiger partial charge in [-0.25, -0.2) is 0 Å². The number of rotatable bonds is 3. The first-order valence-electron chi connectivity index (χ1n) is 5.34. The van der Waals surface area contributed by atoms with E-state index in [9.17, 15) is 0 Å². The molecule has 3 heteroatoms. The van der Waals surface area contributed by atoms with Crippen LogP contribution in [0.2, 0.25) is 0 Å². The third kappa shape index (κ3) is 2.05. The summed E-state index contributed by atoms with van der Waals surface area (Å²) in [6, 6.07) is 8.84. The Balaban J connectivity index is 1.63. The molecule has 0 amide bonds. The largest absolute Gasteiger partial charge is 0.379 e. The molecule has 1 nitrogen and oxygen atoms in total. The molecule has 3 rings (SSSR count). The van der Waals surface area contributed by atoms with Gasteiger partial charge in [-0.3, -0.25) is 0 Å². The Morgan fingerprint density at radius 1 is 1.33 bits per heavy atom. The summed E-state index contributed by atoms with van der Waals surface area (Å²) in [4.78, 5) is 1.49. The lowest BCUT2D eigenvalue weighted by atomic mass is 10.0. The van der Waals surface area contributed by atoms with Gasteiger partial charge in [0, 0.05) is 22.3 Å². The number of thioether (sulfide) groups is 2. The van der Waals surface area contributed by atoms with Gasteiger partial charge in [0.25, 0.3) is 0 Å². The number of hydrogen-bond acceptors (Lipinski definition) is 3. The molecule has 15 heavy (non-hydrogen) atoms. The highest BCUT2D eigenvalue weighted by Crippen LogP contribution is 2.41. The van der Waals surface area contributed by atoms with E-state index in [1.54, 1.807) is 5.56 Å². The monoisotopic (exact) mass is 238 g/mol. The van der Waals surface area contributed by atoms with Crippen molar-refractivity contribution >= 4 is 23.5 Å². The highest BCUT2D eigenvalue weighted by atomic mass is 32.2. The molecular formula is C12H14OS2. The molecule has 0 spiro atoms. The summed E-state index contributed by atoms with van der Waals surface area (Å²) in [6.45, 7) is 1.93. The van der Waals surface area contributed by atoms with Gasteiger partial charge in [-0.2, -0.15) is 11.8 Å². The van der Waals surface area contributed by atoms with Crippen LogP contribution in [0, 0.1) is 0 Å². The minimum atomic E-state index is 0.761. The lowest BCUT2D eigenvalue weighted by molar-refractivity contribution is 0.0455. The molecule has 1 atom stereocenters. The van der Waals surface area contributed by atoms with Crippen LogP contribution >= 0.6 is 23.5 Å². The van der Waals surface area contributed by atoms with Gasteiger partial charge in [0.15, 0.2) is 0 Å². The molecule has 1 saturated heterocycles. The van der Waals surface area contributed by atoms with E-state index in [4.69, 9.17) is 4.74 Å². The number of fused-ring (bicyclic) bond motifs is 1. The summed E-state index contributed by atoms with van der Waals surface area (Å²) in [5.74, 6) is 3.29. The second-order valence-electron chi connectivity index (χ2n) is 4.04. The van der Waals surface area contributed by atoms with Crippen LogP contribution in [0.15, 0.2) is 29.2 Å². The average molecular weight is 238 g/mol. The first-order valence-corrected chi connectivity index (χ1v) is 7.38. The van der Waals surface area contributed by atoms with Crippen molar-refractivity contribution < 1.29 is 4.74 Å². The van der Waals surface area contributed by atoms with Crippen molar-refractivity contribution in [2.24, 2.45) is 0 Å². The molecule has 2 heterocycles. The Labute approximate surface area is 99.0 Å². The molecule has 2 aliphatic rings. The molecule has 2 aliphatic heterocycles. The molecule has 0 radical (unpaired) electrons. The van der Waals surface area contributed by atoms with E-state index in [2.05, 4.69) is 36.0 Å². The van der Waals surface area contributed by atoms with Gasteiger partial charge in [0.1, 0.15) is 0 Å². The van der Waals surface area contributed by atoms with Crippen molar-refractivity contribution in [3.63, 3.8) is 0 Å². The van der Waals surface area contributed by atoms with Crippen molar-refractivity contribution in [2.45, 2.75) is 16.1 Å². The molecule has 0 aromatic heterocycles. The SMILES string of the molecule is c1ccc2c(c1)SCC2CSC1COC1. The fourth-order valence-electron chi connectivity index (χ4n) is 1.93. The summed E-state index contributed by atoms with van der Waals surface area (Å²) in [5, 5.41) is 0.766. The van der Waals surface area contributed by atoms with E-state index in [0.29, 0.717) is 0 Å². The van der Waals surface area contributed by atoms with Crippen LogP contribution in [0.25, 0.3) is 0 Å². The van der Waals surface area contributed by atoms with E-state index in [-0.39, 0.29) is 0 Å². The summed E-state index contributed by atoms with van der Waals surface area (Å²) < 4.78 is 5.19. The highest BCUT2D eigenvalue weighted by molar-refractivity contribution is 8.00. The van der Waals surface area contributed by atoms with Gasteiger partial charge in [0.2, 0.25) is 0 Å². The van der Waals surface area contributed by atoms with Crippen LogP contribution in [-0.4, -0.2) is 30.0 Å². The molecule has 0 N–H and O–H groups in total. The van der Waals surface area contributed by atoms with E-state index >= 15 is 0 Å². The molecule has 1 aromatic carbocycles. The fourth-order valence-corrected chi connectivity index (χ4v) is 4.52. The molecule has 1 fully saturated rings. The van der Waals surface area contributed by atoms with E-state index in [0.717, 1.165) is 24.4 Å². The summed E-state index contributed by atoms with van der Waals surface area (Å²) in [7, 11) is 0. The molecule has 80 valence electrons. The zero-order valence-corrected chi connectivity index (χ0v) is 10.2. The van der Waals surface area contributed by atoms with Gasteiger partial charge in [0.05, 0.1) is 18.5 Å². The quantitative estimate of drug-likeness (QED) is 0.801. The van der Waals surface area contributed by atoms with Gasteiger partial charge in [-0.05, 0) is 11.6 Å². The van der Waals surface area contributed by atoms with Gasteiger partial charge in [-0.1, -0.05) is 18.2 Å². The maximum absolute atomic E-state index is 5.19. The summed E-state index contributed by atoms with van der Waals surface area (Å²) >= 11 is 4.09. The molecule has 0 aliphatic carbocycles. The molecule has 0 bridgehead atoms. The summed E-state index contributed by atoms with van der Waals surface area (Å²) in [6.07, 6.45) is 0. The van der Waals surface area contributed by atoms with Crippen LogP contribution in [0.1, 0.15) is 11.5 Å². The molecular weight excluding hydrogens is 224 g/mol. The highest BCUT2D eigenvalue weighted by Gasteiger charge is 2.25. The molecule has 1 aromatic rings. The molecule has 0 saturated carbocycles. The smallest absolute Gasteiger partial charge is 0.0607 e. The third-order valence-corrected chi connectivity index (χ3v) is 5.53. The number of hydrogen-bond donors (Lipinski definition) is 0. The van der Waals surface area contributed by atoms with E-state index < -0.39 is 0 Å². The average Bonchev–Trinajstić information content (AvgIpc) is 2.60. The minimum absolute atomic E-state index is 0.761. The van der Waals surface area contributed by atoms with Crippen LogP contribution in [0.4, 0.5) is 0 Å². The Hall–Kier alpha value is -0.120. The first-order chi connectivity index (χ1) is 7.43. The predicted molar refractivity (Wildman–Crippen MR) is 67.0 cm³/mol. The first kappa shape index (κ1) is 10.1. The lowest BCUT2D eigenvalue weighted by Gasteiger charge is -2.26. The van der Waals surface area contributed by atoms with Crippen LogP contribution < -0.4 is 0 Å². The Morgan fingerprint density at radius 3 is 3.00 bits per heavy atom.